The lowest BCUT2D eigenvalue weighted by atomic mass is 10.1. The van der Waals surface area contributed by atoms with E-state index < -0.39 is 30.2 Å². The van der Waals surface area contributed by atoms with Gasteiger partial charge in [0.15, 0.2) is 12.4 Å². The van der Waals surface area contributed by atoms with Gasteiger partial charge in [-0.2, -0.15) is 13.2 Å². The Morgan fingerprint density at radius 1 is 0.879 bits per heavy atom. The summed E-state index contributed by atoms with van der Waals surface area (Å²) in [6.45, 7) is 0.800. The fourth-order valence-electron chi connectivity index (χ4n) is 2.92. The molecule has 3 aromatic carbocycles. The normalized spacial score (nSPS) is 10.9. The van der Waals surface area contributed by atoms with Gasteiger partial charge in [0, 0.05) is 16.9 Å². The minimum atomic E-state index is -4.51. The zero-order valence-corrected chi connectivity index (χ0v) is 17.4. The summed E-state index contributed by atoms with van der Waals surface area (Å²) in [5.74, 6) is -1.62. The number of hydrogen-bond donors (Lipinski definition) is 2. The molecule has 0 atom stereocenters. The quantitative estimate of drug-likeness (QED) is 0.365. The fraction of sp³-hybridized carbons (Fsp3) is 0.125. The second-order valence-corrected chi connectivity index (χ2v) is 7.01. The third-order valence-electron chi connectivity index (χ3n) is 4.50. The number of amides is 1. The van der Waals surface area contributed by atoms with Crippen LogP contribution >= 0.6 is 0 Å². The van der Waals surface area contributed by atoms with Crippen LogP contribution in [0.25, 0.3) is 0 Å². The van der Waals surface area contributed by atoms with Crippen molar-refractivity contribution in [2.45, 2.75) is 13.1 Å². The van der Waals surface area contributed by atoms with E-state index >= 15 is 0 Å². The second-order valence-electron chi connectivity index (χ2n) is 7.01. The third-order valence-corrected chi connectivity index (χ3v) is 4.50. The van der Waals surface area contributed by atoms with Gasteiger partial charge >= 0.3 is 12.1 Å². The van der Waals surface area contributed by atoms with Crippen molar-refractivity contribution >= 4 is 34.7 Å². The molecule has 9 heteroatoms. The first-order chi connectivity index (χ1) is 15.6. The van der Waals surface area contributed by atoms with Crippen molar-refractivity contribution in [3.63, 3.8) is 0 Å². The van der Waals surface area contributed by atoms with Gasteiger partial charge in [-0.1, -0.05) is 30.3 Å². The van der Waals surface area contributed by atoms with E-state index in [1.54, 1.807) is 30.3 Å². The number of esters is 1. The maximum absolute atomic E-state index is 13.0. The number of anilines is 3. The molecule has 0 spiro atoms. The molecule has 33 heavy (non-hydrogen) atoms. The number of para-hydroxylation sites is 1. The van der Waals surface area contributed by atoms with Crippen molar-refractivity contribution in [1.82, 2.24) is 0 Å². The highest BCUT2D eigenvalue weighted by Gasteiger charge is 2.30. The van der Waals surface area contributed by atoms with Gasteiger partial charge in [0.05, 0.1) is 16.8 Å². The van der Waals surface area contributed by atoms with Crippen LogP contribution in [0.2, 0.25) is 0 Å². The summed E-state index contributed by atoms with van der Waals surface area (Å²) >= 11 is 0. The van der Waals surface area contributed by atoms with E-state index in [0.29, 0.717) is 11.3 Å². The lowest BCUT2D eigenvalue weighted by Crippen LogP contribution is -2.21. The van der Waals surface area contributed by atoms with Gasteiger partial charge in [-0.15, -0.1) is 0 Å². The minimum absolute atomic E-state index is 0.0429. The van der Waals surface area contributed by atoms with Crippen LogP contribution < -0.4 is 10.6 Å². The molecule has 3 aromatic rings. The predicted octanol–water partition coefficient (Wildman–Crippen LogP) is 5.45. The number of alkyl halides is 3. The number of Topliss-reactive ketones (excluding diaryl/α,β-unsaturated/α-hetero) is 1. The highest BCUT2D eigenvalue weighted by molar-refractivity contribution is 6.00. The summed E-state index contributed by atoms with van der Waals surface area (Å²) in [5, 5.41) is 5.31. The van der Waals surface area contributed by atoms with Gasteiger partial charge in [-0.05, 0) is 49.4 Å². The van der Waals surface area contributed by atoms with E-state index in [9.17, 15) is 27.6 Å². The number of halogens is 3. The first-order valence-corrected chi connectivity index (χ1v) is 9.75. The summed E-state index contributed by atoms with van der Waals surface area (Å²) in [4.78, 5) is 36.1. The maximum Gasteiger partial charge on any atom is 0.416 e. The Kier molecular flexibility index (Phi) is 7.12. The number of nitrogens with one attached hydrogen (secondary N) is 2. The Bertz CT molecular complexity index is 1190. The van der Waals surface area contributed by atoms with Crippen LogP contribution in [0.5, 0.6) is 0 Å². The number of rotatable bonds is 7. The highest BCUT2D eigenvalue weighted by atomic mass is 19.4. The van der Waals surface area contributed by atoms with Crippen LogP contribution in [-0.4, -0.2) is 24.3 Å². The average Bonchev–Trinajstić information content (AvgIpc) is 2.77. The molecule has 3 rings (SSSR count). The smallest absolute Gasteiger partial charge is 0.416 e. The molecule has 0 aromatic heterocycles. The summed E-state index contributed by atoms with van der Waals surface area (Å²) in [6, 6.07) is 16.9. The minimum Gasteiger partial charge on any atom is -0.452 e. The Labute approximate surface area is 187 Å². The van der Waals surface area contributed by atoms with Crippen LogP contribution in [0, 0.1) is 0 Å². The molecule has 0 saturated heterocycles. The molecule has 6 nitrogen and oxygen atoms in total. The summed E-state index contributed by atoms with van der Waals surface area (Å²) < 4.78 is 43.9. The fourth-order valence-corrected chi connectivity index (χ4v) is 2.92. The van der Waals surface area contributed by atoms with Gasteiger partial charge in [0.1, 0.15) is 0 Å². The monoisotopic (exact) mass is 456 g/mol. The molecule has 0 unspecified atom stereocenters. The van der Waals surface area contributed by atoms with Crippen LogP contribution in [0.3, 0.4) is 0 Å². The molecule has 0 bridgehead atoms. The van der Waals surface area contributed by atoms with Gasteiger partial charge in [-0.3, -0.25) is 9.59 Å². The zero-order valence-electron chi connectivity index (χ0n) is 17.4. The number of hydrogen-bond acceptors (Lipinski definition) is 5. The molecule has 170 valence electrons. The Hall–Kier alpha value is -4.14. The summed E-state index contributed by atoms with van der Waals surface area (Å²) in [7, 11) is 0. The maximum atomic E-state index is 13.0. The van der Waals surface area contributed by atoms with E-state index in [0.717, 1.165) is 12.1 Å². The molecular weight excluding hydrogens is 437 g/mol. The van der Waals surface area contributed by atoms with E-state index in [2.05, 4.69) is 10.6 Å². The molecule has 1 amide bonds. The van der Waals surface area contributed by atoms with Gasteiger partial charge in [-0.25, -0.2) is 4.79 Å². The number of carbonyl (C=O) groups excluding carboxylic acids is 3. The third kappa shape index (κ3) is 6.42. The number of ketones is 1. The Balaban J connectivity index is 1.66. The highest BCUT2D eigenvalue weighted by Crippen LogP contribution is 2.32. The molecule has 0 saturated carbocycles. The van der Waals surface area contributed by atoms with Crippen LogP contribution in [0.15, 0.2) is 72.8 Å². The number of ether oxygens (including phenoxy) is 1. The molecule has 0 aliphatic rings. The first kappa shape index (κ1) is 23.5. The zero-order chi connectivity index (χ0) is 24.0. The van der Waals surface area contributed by atoms with Crippen molar-refractivity contribution in [2.75, 3.05) is 17.2 Å². The molecule has 0 radical (unpaired) electrons. The molecule has 0 heterocycles. The van der Waals surface area contributed by atoms with Gasteiger partial charge < -0.3 is 15.4 Å². The lowest BCUT2D eigenvalue weighted by Gasteiger charge is -2.13. The van der Waals surface area contributed by atoms with Crippen molar-refractivity contribution in [3.05, 3.63) is 89.5 Å². The van der Waals surface area contributed by atoms with Crippen molar-refractivity contribution in [2.24, 2.45) is 0 Å². The van der Waals surface area contributed by atoms with E-state index in [4.69, 9.17) is 4.74 Å². The number of benzene rings is 3. The van der Waals surface area contributed by atoms with Crippen LogP contribution in [0.1, 0.15) is 33.2 Å². The standard InChI is InChI=1S/C24H19F3N2O4/c1-15(30)16-6-4-8-18(12-16)29-22(31)14-33-23(32)20-10-2-3-11-21(20)28-19-9-5-7-17(13-19)24(25,26)27/h2-13,28H,14H2,1H3,(H,29,31). The molecular formula is C24H19F3N2O4. The summed E-state index contributed by atoms with van der Waals surface area (Å²) in [6.07, 6.45) is -4.51. The van der Waals surface area contributed by atoms with Crippen LogP contribution in [-0.2, 0) is 15.7 Å². The molecule has 0 aliphatic heterocycles. The van der Waals surface area contributed by atoms with Gasteiger partial charge in [0.25, 0.3) is 5.91 Å². The van der Waals surface area contributed by atoms with E-state index in [1.807, 2.05) is 0 Å². The molecule has 0 fully saturated rings. The SMILES string of the molecule is CC(=O)c1cccc(NC(=O)COC(=O)c2ccccc2Nc2cccc(C(F)(F)F)c2)c1. The predicted molar refractivity (Wildman–Crippen MR) is 117 cm³/mol. The largest absolute Gasteiger partial charge is 0.452 e. The molecule has 2 N–H and O–H groups in total. The van der Waals surface area contributed by atoms with Crippen molar-refractivity contribution in [3.8, 4) is 0 Å². The van der Waals surface area contributed by atoms with Crippen LogP contribution in [0.4, 0.5) is 30.2 Å². The summed E-state index contributed by atoms with van der Waals surface area (Å²) in [5.41, 5.74) is 0.346. The Morgan fingerprint density at radius 3 is 2.30 bits per heavy atom. The number of carbonyl (C=O) groups is 3. The second kappa shape index (κ2) is 9.99. The molecule has 0 aliphatic carbocycles. The average molecular weight is 456 g/mol. The lowest BCUT2D eigenvalue weighted by molar-refractivity contribution is -0.137. The van der Waals surface area contributed by atoms with Crippen molar-refractivity contribution in [1.29, 1.82) is 0 Å². The van der Waals surface area contributed by atoms with E-state index in [1.165, 1.54) is 37.3 Å². The first-order valence-electron chi connectivity index (χ1n) is 9.75. The van der Waals surface area contributed by atoms with Gasteiger partial charge in [0.2, 0.25) is 0 Å². The Morgan fingerprint density at radius 2 is 1.58 bits per heavy atom. The topological polar surface area (TPSA) is 84.5 Å². The van der Waals surface area contributed by atoms with E-state index in [-0.39, 0.29) is 22.7 Å². The van der Waals surface area contributed by atoms with Crippen molar-refractivity contribution < 1.29 is 32.3 Å².